The molecule has 0 saturated heterocycles. The predicted octanol–water partition coefficient (Wildman–Crippen LogP) is 3.45. The maximum Gasteiger partial charge on any atom is 0.387 e. The first kappa shape index (κ1) is 19.4. The maximum atomic E-state index is 12.2. The molecule has 0 aliphatic heterocycles. The maximum absolute atomic E-state index is 12.2. The van der Waals surface area contributed by atoms with Crippen LogP contribution in [0.5, 0.6) is 5.75 Å². The van der Waals surface area contributed by atoms with Gasteiger partial charge in [-0.1, -0.05) is 0 Å². The SMILES string of the molecule is COC(=O)/C=C(/Nc1c(Br)cc(OC(F)F)cc1Br)C(=O)OC. The number of carbonyl (C=O) groups excluding carboxylic acids is 2. The Morgan fingerprint density at radius 2 is 1.74 bits per heavy atom. The average Bonchev–Trinajstić information content (AvgIpc) is 2.47. The summed E-state index contributed by atoms with van der Waals surface area (Å²) in [5.41, 5.74) is 0.0930. The van der Waals surface area contributed by atoms with Gasteiger partial charge in [-0.3, -0.25) is 0 Å². The van der Waals surface area contributed by atoms with Crippen LogP contribution in [-0.4, -0.2) is 32.8 Å². The number of hydrogen-bond acceptors (Lipinski definition) is 6. The third-order valence-corrected chi connectivity index (χ3v) is 3.62. The molecule has 0 atom stereocenters. The van der Waals surface area contributed by atoms with Crippen molar-refractivity contribution in [1.82, 2.24) is 0 Å². The molecule has 0 bridgehead atoms. The van der Waals surface area contributed by atoms with Gasteiger partial charge < -0.3 is 19.5 Å². The lowest BCUT2D eigenvalue weighted by molar-refractivity contribution is -0.138. The van der Waals surface area contributed by atoms with Gasteiger partial charge in [-0.15, -0.1) is 0 Å². The molecule has 1 aromatic rings. The van der Waals surface area contributed by atoms with E-state index >= 15 is 0 Å². The van der Waals surface area contributed by atoms with Gasteiger partial charge in [0.25, 0.3) is 0 Å². The molecule has 126 valence electrons. The van der Waals surface area contributed by atoms with Crippen LogP contribution >= 0.6 is 31.9 Å². The lowest BCUT2D eigenvalue weighted by atomic mass is 10.2. The summed E-state index contributed by atoms with van der Waals surface area (Å²) in [6.07, 6.45) is 0.897. The number of halogens is 4. The molecule has 0 fully saturated rings. The van der Waals surface area contributed by atoms with Crippen molar-refractivity contribution in [3.63, 3.8) is 0 Å². The molecule has 0 aliphatic rings. The van der Waals surface area contributed by atoms with Crippen LogP contribution in [0, 0.1) is 0 Å². The second kappa shape index (κ2) is 8.82. The van der Waals surface area contributed by atoms with E-state index in [9.17, 15) is 18.4 Å². The number of esters is 2. The zero-order valence-corrected chi connectivity index (χ0v) is 15.0. The minimum atomic E-state index is -2.97. The molecule has 0 saturated carbocycles. The largest absolute Gasteiger partial charge is 0.466 e. The van der Waals surface area contributed by atoms with Gasteiger partial charge in [0.2, 0.25) is 0 Å². The highest BCUT2D eigenvalue weighted by Gasteiger charge is 2.17. The second-order valence-corrected chi connectivity index (χ2v) is 5.55. The highest BCUT2D eigenvalue weighted by Crippen LogP contribution is 2.36. The van der Waals surface area contributed by atoms with Gasteiger partial charge in [-0.2, -0.15) is 8.78 Å². The summed E-state index contributed by atoms with van der Waals surface area (Å²) in [5.74, 6) is -1.69. The van der Waals surface area contributed by atoms with Crippen LogP contribution in [-0.2, 0) is 19.1 Å². The number of hydrogen-bond donors (Lipinski definition) is 1. The Bertz CT molecular complexity index is 614. The van der Waals surface area contributed by atoms with Gasteiger partial charge in [-0.25, -0.2) is 9.59 Å². The van der Waals surface area contributed by atoms with E-state index in [0.29, 0.717) is 14.6 Å². The number of benzene rings is 1. The van der Waals surface area contributed by atoms with Crippen molar-refractivity contribution in [2.24, 2.45) is 0 Å². The topological polar surface area (TPSA) is 73.9 Å². The second-order valence-electron chi connectivity index (χ2n) is 3.84. The van der Waals surface area contributed by atoms with E-state index in [0.717, 1.165) is 20.3 Å². The minimum absolute atomic E-state index is 0.0964. The number of alkyl halides is 2. The average molecular weight is 459 g/mol. The Morgan fingerprint density at radius 1 is 1.17 bits per heavy atom. The first-order valence-electron chi connectivity index (χ1n) is 5.87. The first-order chi connectivity index (χ1) is 10.8. The summed E-state index contributed by atoms with van der Waals surface area (Å²) in [6, 6.07) is 2.54. The van der Waals surface area contributed by atoms with Crippen LogP contribution in [0.25, 0.3) is 0 Å². The monoisotopic (exact) mass is 457 g/mol. The van der Waals surface area contributed by atoms with Gasteiger partial charge >= 0.3 is 18.6 Å². The Hall–Kier alpha value is -1.68. The zero-order valence-electron chi connectivity index (χ0n) is 11.9. The standard InChI is InChI=1S/C13H11Br2F2NO5/c1-21-10(19)5-9(12(20)22-2)18-11-7(14)3-6(4-8(11)15)23-13(16)17/h3-5,13,18H,1-2H3/b9-5+. The predicted molar refractivity (Wildman–Crippen MR) is 84.2 cm³/mol. The molecule has 0 heterocycles. The Kier molecular flexibility index (Phi) is 7.43. The Labute approximate surface area is 147 Å². The summed E-state index contributed by atoms with van der Waals surface area (Å²) < 4.78 is 38.4. The molecular weight excluding hydrogens is 448 g/mol. The molecule has 0 unspecified atom stereocenters. The van der Waals surface area contributed by atoms with E-state index in [1.165, 1.54) is 12.1 Å². The quantitative estimate of drug-likeness (QED) is 0.519. The van der Waals surface area contributed by atoms with Crippen molar-refractivity contribution in [3.8, 4) is 5.75 Å². The summed E-state index contributed by atoms with van der Waals surface area (Å²) >= 11 is 6.32. The fraction of sp³-hybridized carbons (Fsp3) is 0.231. The number of nitrogens with one attached hydrogen (secondary N) is 1. The molecule has 0 radical (unpaired) electrons. The molecule has 23 heavy (non-hydrogen) atoms. The van der Waals surface area contributed by atoms with Crippen molar-refractivity contribution in [1.29, 1.82) is 0 Å². The van der Waals surface area contributed by atoms with Crippen molar-refractivity contribution in [2.45, 2.75) is 6.61 Å². The number of ether oxygens (including phenoxy) is 3. The van der Waals surface area contributed by atoms with Gasteiger partial charge in [0.05, 0.1) is 26.0 Å². The summed E-state index contributed by atoms with van der Waals surface area (Å²) in [6.45, 7) is -2.97. The fourth-order valence-corrected chi connectivity index (χ4v) is 2.75. The third-order valence-electron chi connectivity index (χ3n) is 2.37. The number of rotatable bonds is 6. The van der Waals surface area contributed by atoms with Crippen LogP contribution in [0.3, 0.4) is 0 Å². The van der Waals surface area contributed by atoms with E-state index in [2.05, 4.69) is 51.4 Å². The third kappa shape index (κ3) is 5.79. The van der Waals surface area contributed by atoms with Crippen molar-refractivity contribution in [2.75, 3.05) is 19.5 Å². The molecule has 1 N–H and O–H groups in total. The molecular formula is C13H11Br2F2NO5. The highest BCUT2D eigenvalue weighted by atomic mass is 79.9. The Balaban J connectivity index is 3.16. The molecule has 6 nitrogen and oxygen atoms in total. The van der Waals surface area contributed by atoms with Crippen molar-refractivity contribution >= 4 is 49.5 Å². The number of anilines is 1. The Morgan fingerprint density at radius 3 is 2.17 bits per heavy atom. The van der Waals surface area contributed by atoms with Gasteiger partial charge in [0, 0.05) is 8.95 Å². The van der Waals surface area contributed by atoms with E-state index in [1.807, 2.05) is 0 Å². The number of methoxy groups -OCH3 is 2. The summed E-state index contributed by atoms with van der Waals surface area (Å²) in [7, 11) is 2.29. The van der Waals surface area contributed by atoms with E-state index in [4.69, 9.17) is 0 Å². The molecule has 10 heteroatoms. The van der Waals surface area contributed by atoms with E-state index in [1.54, 1.807) is 0 Å². The van der Waals surface area contributed by atoms with Crippen LogP contribution in [0.1, 0.15) is 0 Å². The molecule has 0 aromatic heterocycles. The molecule has 1 aromatic carbocycles. The first-order valence-corrected chi connectivity index (χ1v) is 7.46. The molecule has 0 aliphatic carbocycles. The van der Waals surface area contributed by atoms with Crippen molar-refractivity contribution in [3.05, 3.63) is 32.9 Å². The van der Waals surface area contributed by atoms with Crippen LogP contribution in [0.15, 0.2) is 32.9 Å². The summed E-state index contributed by atoms with van der Waals surface area (Å²) in [4.78, 5) is 23.0. The number of carbonyl (C=O) groups is 2. The molecule has 1 rings (SSSR count). The lowest BCUT2D eigenvalue weighted by Gasteiger charge is -2.14. The van der Waals surface area contributed by atoms with Crippen LogP contribution in [0.4, 0.5) is 14.5 Å². The zero-order chi connectivity index (χ0) is 17.6. The van der Waals surface area contributed by atoms with Gasteiger partial charge in [0.15, 0.2) is 0 Å². The summed E-state index contributed by atoms with van der Waals surface area (Å²) in [5, 5.41) is 2.66. The lowest BCUT2D eigenvalue weighted by Crippen LogP contribution is -2.16. The normalized spacial score (nSPS) is 11.2. The van der Waals surface area contributed by atoms with Crippen molar-refractivity contribution < 1.29 is 32.6 Å². The van der Waals surface area contributed by atoms with E-state index in [-0.39, 0.29) is 11.4 Å². The van der Waals surface area contributed by atoms with Crippen LogP contribution < -0.4 is 10.1 Å². The van der Waals surface area contributed by atoms with Crippen LogP contribution in [0.2, 0.25) is 0 Å². The highest BCUT2D eigenvalue weighted by molar-refractivity contribution is 9.11. The smallest absolute Gasteiger partial charge is 0.387 e. The molecule has 0 spiro atoms. The minimum Gasteiger partial charge on any atom is -0.466 e. The van der Waals surface area contributed by atoms with Gasteiger partial charge in [-0.05, 0) is 44.0 Å². The van der Waals surface area contributed by atoms with E-state index < -0.39 is 18.6 Å². The van der Waals surface area contributed by atoms with Gasteiger partial charge in [0.1, 0.15) is 11.4 Å². The fourth-order valence-electron chi connectivity index (χ4n) is 1.41. The molecule has 0 amide bonds.